The first-order valence-corrected chi connectivity index (χ1v) is 28.9. The molecule has 11 aromatic carbocycles. The van der Waals surface area contributed by atoms with E-state index >= 15 is 0 Å². The van der Waals surface area contributed by atoms with Gasteiger partial charge in [0.1, 0.15) is 11.2 Å². The molecule has 0 aliphatic heterocycles. The first-order valence-electron chi connectivity index (χ1n) is 28.9. The van der Waals surface area contributed by atoms with E-state index in [0.717, 1.165) is 44.6 Å². The Morgan fingerprint density at radius 3 is 1.48 bits per heavy atom. The third kappa shape index (κ3) is 6.93. The second-order valence-corrected chi connectivity index (χ2v) is 25.2. The van der Waals surface area contributed by atoms with Crippen molar-refractivity contribution in [3.63, 3.8) is 0 Å². The molecule has 0 saturated heterocycles. The van der Waals surface area contributed by atoms with Crippen molar-refractivity contribution in [3.8, 4) is 55.6 Å². The molecule has 3 aliphatic carbocycles. The SMILES string of the molecule is CC1(C)c2ccccc2-c2ccc(-c3ccc(N(c4ccc(-c5cc6c(cc5-c5ccc7c(c5)C(C)(C)C(C)(C)C7(C)C)-c5ccccc5C6(c5ccccc5)c5ccccc5)cc4)c4ccc5c(c4)oc4ccccc45)cc3)cc21. The van der Waals surface area contributed by atoms with Gasteiger partial charge in [-0.25, -0.2) is 0 Å². The highest BCUT2D eigenvalue weighted by atomic mass is 16.3. The average Bonchev–Trinajstić information content (AvgIpc) is 4.31. The van der Waals surface area contributed by atoms with Crippen LogP contribution in [0.5, 0.6) is 0 Å². The molecule has 392 valence electrons. The van der Waals surface area contributed by atoms with E-state index < -0.39 is 5.41 Å². The number of hydrogen-bond acceptors (Lipinski definition) is 2. The number of benzene rings is 11. The number of furan rings is 1. The van der Waals surface area contributed by atoms with Crippen LogP contribution in [0.1, 0.15) is 99.9 Å². The average molecular weight is 1040 g/mol. The fourth-order valence-corrected chi connectivity index (χ4v) is 15.0. The fraction of sp³-hybridized carbons (Fsp3) is 0.165. The van der Waals surface area contributed by atoms with Gasteiger partial charge in [-0.05, 0) is 177 Å². The van der Waals surface area contributed by atoms with E-state index in [-0.39, 0.29) is 21.7 Å². The molecule has 81 heavy (non-hydrogen) atoms. The lowest BCUT2D eigenvalue weighted by Crippen LogP contribution is -2.42. The van der Waals surface area contributed by atoms with E-state index in [1.807, 2.05) is 6.07 Å². The molecule has 0 bridgehead atoms. The first-order chi connectivity index (χ1) is 39.2. The highest BCUT2D eigenvalue weighted by Crippen LogP contribution is 2.63. The van der Waals surface area contributed by atoms with Gasteiger partial charge in [0.25, 0.3) is 0 Å². The summed E-state index contributed by atoms with van der Waals surface area (Å²) in [5.74, 6) is 0. The third-order valence-electron chi connectivity index (χ3n) is 20.5. The number of rotatable bonds is 8. The molecule has 1 aromatic heterocycles. The van der Waals surface area contributed by atoms with Crippen LogP contribution in [0.15, 0.2) is 253 Å². The molecule has 12 aromatic rings. The molecule has 2 nitrogen and oxygen atoms in total. The van der Waals surface area contributed by atoms with Crippen LogP contribution >= 0.6 is 0 Å². The highest BCUT2D eigenvalue weighted by Gasteiger charge is 2.57. The minimum Gasteiger partial charge on any atom is -0.456 e. The molecule has 0 N–H and O–H groups in total. The van der Waals surface area contributed by atoms with Gasteiger partial charge in [-0.2, -0.15) is 0 Å². The Morgan fingerprint density at radius 2 is 0.790 bits per heavy atom. The molecule has 0 amide bonds. The summed E-state index contributed by atoms with van der Waals surface area (Å²) in [6.45, 7) is 19.4. The van der Waals surface area contributed by atoms with Crippen LogP contribution in [0.3, 0.4) is 0 Å². The molecular weight excluding hydrogens is 979 g/mol. The van der Waals surface area contributed by atoms with Crippen molar-refractivity contribution in [2.75, 3.05) is 4.90 Å². The van der Waals surface area contributed by atoms with Gasteiger partial charge in [0, 0.05) is 39.3 Å². The summed E-state index contributed by atoms with van der Waals surface area (Å²) in [6, 6.07) is 93.3. The van der Waals surface area contributed by atoms with Crippen LogP contribution in [0.4, 0.5) is 17.1 Å². The van der Waals surface area contributed by atoms with Gasteiger partial charge in [0.05, 0.1) is 5.41 Å². The topological polar surface area (TPSA) is 16.4 Å². The van der Waals surface area contributed by atoms with E-state index in [2.05, 4.69) is 303 Å². The van der Waals surface area contributed by atoms with Crippen LogP contribution < -0.4 is 4.90 Å². The van der Waals surface area contributed by atoms with Gasteiger partial charge in [-0.15, -0.1) is 0 Å². The summed E-state index contributed by atoms with van der Waals surface area (Å²) in [5.41, 5.74) is 27.5. The lowest BCUT2D eigenvalue weighted by Gasteiger charge is -2.44. The molecule has 0 atom stereocenters. The van der Waals surface area contributed by atoms with Crippen LogP contribution in [-0.2, 0) is 21.7 Å². The minimum absolute atomic E-state index is 0.00198. The van der Waals surface area contributed by atoms with Crippen molar-refractivity contribution in [2.45, 2.75) is 77.0 Å². The monoisotopic (exact) mass is 1040 g/mol. The van der Waals surface area contributed by atoms with E-state index in [1.165, 1.54) is 94.6 Å². The minimum atomic E-state index is -0.547. The summed E-state index contributed by atoms with van der Waals surface area (Å²) in [5, 5.41) is 2.23. The van der Waals surface area contributed by atoms with Gasteiger partial charge in [-0.3, -0.25) is 0 Å². The normalized spacial score (nSPS) is 16.1. The standard InChI is InChI=1S/C79H65NO/c1-75(2)67-28-18-15-25-59(67)61-42-35-52(45-70(61)75)50-31-37-56(38-32-50)80(58-41-43-63-62-27-17-20-30-73(62)81-74(63)47-58)57-39-33-51(34-40-57)65-49-71-66(48-64(65)53-36-44-69-72(46-53)77(5,6)78(7,8)76(69,3)4)60-26-16-19-29-68(60)79(71,54-21-11-9-12-22-54)55-23-13-10-14-24-55/h9-49H,1-8H3. The van der Waals surface area contributed by atoms with Gasteiger partial charge in [0.15, 0.2) is 0 Å². The van der Waals surface area contributed by atoms with Crippen molar-refractivity contribution in [1.29, 1.82) is 0 Å². The van der Waals surface area contributed by atoms with Crippen molar-refractivity contribution in [3.05, 3.63) is 293 Å². The van der Waals surface area contributed by atoms with Gasteiger partial charge in [0.2, 0.25) is 0 Å². The maximum Gasteiger partial charge on any atom is 0.137 e. The van der Waals surface area contributed by atoms with Crippen molar-refractivity contribution < 1.29 is 4.42 Å². The maximum atomic E-state index is 6.58. The Bertz CT molecular complexity index is 4450. The Kier molecular flexibility index (Phi) is 10.6. The van der Waals surface area contributed by atoms with Crippen LogP contribution in [0.2, 0.25) is 0 Å². The lowest BCUT2D eigenvalue weighted by atomic mass is 9.59. The number of anilines is 3. The number of fused-ring (bicyclic) bond motifs is 10. The Morgan fingerprint density at radius 1 is 0.284 bits per heavy atom. The largest absolute Gasteiger partial charge is 0.456 e. The van der Waals surface area contributed by atoms with E-state index in [9.17, 15) is 0 Å². The van der Waals surface area contributed by atoms with Gasteiger partial charge in [-0.1, -0.05) is 237 Å². The molecule has 2 heteroatoms. The Labute approximate surface area is 477 Å². The first kappa shape index (κ1) is 49.1. The molecule has 0 spiro atoms. The maximum absolute atomic E-state index is 6.58. The van der Waals surface area contributed by atoms with Crippen molar-refractivity contribution in [1.82, 2.24) is 0 Å². The fourth-order valence-electron chi connectivity index (χ4n) is 15.0. The third-order valence-corrected chi connectivity index (χ3v) is 20.5. The zero-order valence-electron chi connectivity index (χ0n) is 47.5. The van der Waals surface area contributed by atoms with Gasteiger partial charge >= 0.3 is 0 Å². The van der Waals surface area contributed by atoms with Crippen LogP contribution in [-0.4, -0.2) is 0 Å². The molecule has 15 rings (SSSR count). The predicted octanol–water partition coefficient (Wildman–Crippen LogP) is 21.3. The summed E-state index contributed by atoms with van der Waals surface area (Å²) in [6.07, 6.45) is 0. The smallest absolute Gasteiger partial charge is 0.137 e. The van der Waals surface area contributed by atoms with Gasteiger partial charge < -0.3 is 9.32 Å². The second-order valence-electron chi connectivity index (χ2n) is 25.2. The molecule has 0 unspecified atom stereocenters. The molecular formula is C79H65NO. The predicted molar refractivity (Wildman–Crippen MR) is 339 cm³/mol. The molecule has 0 radical (unpaired) electrons. The Balaban J connectivity index is 0.909. The molecule has 0 saturated carbocycles. The molecule has 1 heterocycles. The zero-order chi connectivity index (χ0) is 55.2. The molecule has 0 fully saturated rings. The van der Waals surface area contributed by atoms with E-state index in [1.54, 1.807) is 0 Å². The second kappa shape index (κ2) is 17.5. The quantitative estimate of drug-likeness (QED) is 0.151. The van der Waals surface area contributed by atoms with E-state index in [0.29, 0.717) is 0 Å². The van der Waals surface area contributed by atoms with Crippen LogP contribution in [0, 0.1) is 5.41 Å². The summed E-state index contributed by atoms with van der Waals surface area (Å²) in [7, 11) is 0. The number of hydrogen-bond donors (Lipinski definition) is 0. The van der Waals surface area contributed by atoms with Crippen molar-refractivity contribution in [2.24, 2.45) is 5.41 Å². The number of nitrogens with zero attached hydrogens (tertiary/aromatic N) is 1. The lowest BCUT2D eigenvalue weighted by molar-refractivity contribution is 0.125. The van der Waals surface area contributed by atoms with Crippen molar-refractivity contribution >= 4 is 39.0 Å². The summed E-state index contributed by atoms with van der Waals surface area (Å²) >= 11 is 0. The highest BCUT2D eigenvalue weighted by molar-refractivity contribution is 6.06. The van der Waals surface area contributed by atoms with Crippen LogP contribution in [0.25, 0.3) is 77.6 Å². The molecule has 3 aliphatic rings. The zero-order valence-corrected chi connectivity index (χ0v) is 47.5. The Hall–Kier alpha value is -8.98. The van der Waals surface area contributed by atoms with E-state index in [4.69, 9.17) is 4.42 Å². The summed E-state index contributed by atoms with van der Waals surface area (Å²) in [4.78, 5) is 2.38. The summed E-state index contributed by atoms with van der Waals surface area (Å²) < 4.78 is 6.58. The number of para-hydroxylation sites is 1.